The normalized spacial score (nSPS) is 12.6. The molecular formula is C78H151NO5. The molecular weight excluding hydrogens is 1030 g/mol. The molecule has 498 valence electrons. The van der Waals surface area contributed by atoms with Crippen molar-refractivity contribution in [2.24, 2.45) is 0 Å². The Hall–Kier alpha value is -1.66. The van der Waals surface area contributed by atoms with Crippen molar-refractivity contribution < 1.29 is 24.5 Å². The Morgan fingerprint density at radius 2 is 0.560 bits per heavy atom. The van der Waals surface area contributed by atoms with Gasteiger partial charge in [0.05, 0.1) is 25.4 Å². The van der Waals surface area contributed by atoms with E-state index in [2.05, 4.69) is 31.3 Å². The van der Waals surface area contributed by atoms with Crippen molar-refractivity contribution in [3.05, 3.63) is 24.3 Å². The molecule has 1 amide bonds. The van der Waals surface area contributed by atoms with Crippen molar-refractivity contribution in [2.75, 3.05) is 13.2 Å². The number of esters is 1. The van der Waals surface area contributed by atoms with Crippen LogP contribution in [0.1, 0.15) is 438 Å². The van der Waals surface area contributed by atoms with E-state index in [1.165, 1.54) is 372 Å². The Bertz CT molecular complexity index is 1320. The summed E-state index contributed by atoms with van der Waals surface area (Å²) in [7, 11) is 0. The Balaban J connectivity index is 3.29. The van der Waals surface area contributed by atoms with Crippen LogP contribution < -0.4 is 5.32 Å². The van der Waals surface area contributed by atoms with Crippen LogP contribution >= 0.6 is 0 Å². The molecule has 0 aromatic carbocycles. The molecule has 0 aromatic rings. The lowest BCUT2D eigenvalue weighted by molar-refractivity contribution is -0.143. The van der Waals surface area contributed by atoms with Crippen LogP contribution in [0.15, 0.2) is 24.3 Å². The average Bonchev–Trinajstić information content (AvgIpc) is 3.50. The number of amides is 1. The number of carbonyl (C=O) groups is 2. The number of aliphatic hydroxyl groups excluding tert-OH is 2. The summed E-state index contributed by atoms with van der Waals surface area (Å²) in [5.74, 6) is -0.0358. The van der Waals surface area contributed by atoms with Gasteiger partial charge < -0.3 is 20.3 Å². The van der Waals surface area contributed by atoms with Crippen LogP contribution in [0.3, 0.4) is 0 Å². The Labute approximate surface area is 526 Å². The molecule has 0 radical (unpaired) electrons. The van der Waals surface area contributed by atoms with Crippen molar-refractivity contribution in [2.45, 2.75) is 450 Å². The van der Waals surface area contributed by atoms with Gasteiger partial charge in [-0.25, -0.2) is 0 Å². The second-order valence-corrected chi connectivity index (χ2v) is 26.7. The van der Waals surface area contributed by atoms with Crippen molar-refractivity contribution in [1.29, 1.82) is 0 Å². The van der Waals surface area contributed by atoms with Gasteiger partial charge in [-0.15, -0.1) is 0 Å². The molecule has 0 aliphatic heterocycles. The van der Waals surface area contributed by atoms with E-state index in [1.54, 1.807) is 6.08 Å². The molecule has 0 aromatic heterocycles. The zero-order valence-electron chi connectivity index (χ0n) is 57.2. The van der Waals surface area contributed by atoms with Crippen molar-refractivity contribution in [3.8, 4) is 0 Å². The van der Waals surface area contributed by atoms with Crippen molar-refractivity contribution >= 4 is 11.9 Å². The summed E-state index contributed by atoms with van der Waals surface area (Å²) in [5, 5.41) is 23.1. The second-order valence-electron chi connectivity index (χ2n) is 26.7. The van der Waals surface area contributed by atoms with Crippen LogP contribution in [0.5, 0.6) is 0 Å². The topological polar surface area (TPSA) is 95.9 Å². The zero-order chi connectivity index (χ0) is 60.6. The summed E-state index contributed by atoms with van der Waals surface area (Å²) in [6.07, 6.45) is 94.6. The summed E-state index contributed by atoms with van der Waals surface area (Å²) >= 11 is 0. The third-order valence-corrected chi connectivity index (χ3v) is 18.2. The SMILES string of the molecule is CCCCCCCCCCC/C=C/C(O)C(CO)NC(=O)CCCCCCCCCCCCCCCCCCC/C=C\CCCCCCCCCCCCCCCCCCCCOC(=O)CCCCCCCCCCCCCCCCCCC. The molecule has 0 saturated heterocycles. The molecule has 0 fully saturated rings. The van der Waals surface area contributed by atoms with Gasteiger partial charge in [0.25, 0.3) is 0 Å². The number of hydrogen-bond acceptors (Lipinski definition) is 5. The second kappa shape index (κ2) is 73.8. The fourth-order valence-electron chi connectivity index (χ4n) is 12.3. The van der Waals surface area contributed by atoms with Gasteiger partial charge >= 0.3 is 5.97 Å². The highest BCUT2D eigenvalue weighted by atomic mass is 16.5. The fraction of sp³-hybridized carbons (Fsp3) is 0.923. The number of rotatable bonds is 73. The van der Waals surface area contributed by atoms with Crippen LogP contribution in [0, 0.1) is 0 Å². The number of unbranched alkanes of at least 4 members (excludes halogenated alkanes) is 60. The summed E-state index contributed by atoms with van der Waals surface area (Å²) < 4.78 is 5.52. The first-order chi connectivity index (χ1) is 41.5. The highest BCUT2D eigenvalue weighted by Gasteiger charge is 2.18. The quantitative estimate of drug-likeness (QED) is 0.0320. The molecule has 0 spiro atoms. The van der Waals surface area contributed by atoms with Crippen molar-refractivity contribution in [1.82, 2.24) is 5.32 Å². The van der Waals surface area contributed by atoms with E-state index >= 15 is 0 Å². The van der Waals surface area contributed by atoms with Gasteiger partial charge in [-0.05, 0) is 57.8 Å². The summed E-state index contributed by atoms with van der Waals surface area (Å²) in [6, 6.07) is -0.623. The summed E-state index contributed by atoms with van der Waals surface area (Å²) in [6.45, 7) is 4.94. The average molecular weight is 1180 g/mol. The smallest absolute Gasteiger partial charge is 0.305 e. The van der Waals surface area contributed by atoms with Gasteiger partial charge in [0.2, 0.25) is 5.91 Å². The molecule has 6 heteroatoms. The first-order valence-electron chi connectivity index (χ1n) is 38.6. The molecule has 2 atom stereocenters. The number of allylic oxidation sites excluding steroid dienone is 3. The molecule has 0 bridgehead atoms. The molecule has 3 N–H and O–H groups in total. The number of nitrogens with one attached hydrogen (secondary N) is 1. The Morgan fingerprint density at radius 3 is 0.845 bits per heavy atom. The maximum Gasteiger partial charge on any atom is 0.305 e. The Kier molecular flexibility index (Phi) is 72.3. The van der Waals surface area contributed by atoms with E-state index in [-0.39, 0.29) is 18.5 Å². The third kappa shape index (κ3) is 69.4. The van der Waals surface area contributed by atoms with Crippen LogP contribution in [0.4, 0.5) is 0 Å². The molecule has 6 nitrogen and oxygen atoms in total. The minimum absolute atomic E-state index is 0.0271. The van der Waals surface area contributed by atoms with Crippen molar-refractivity contribution in [3.63, 3.8) is 0 Å². The maximum absolute atomic E-state index is 12.4. The van der Waals surface area contributed by atoms with Crippen LogP contribution in [0.25, 0.3) is 0 Å². The van der Waals surface area contributed by atoms with E-state index in [0.29, 0.717) is 19.4 Å². The lowest BCUT2D eigenvalue weighted by Crippen LogP contribution is -2.45. The highest BCUT2D eigenvalue weighted by molar-refractivity contribution is 5.76. The summed E-state index contributed by atoms with van der Waals surface area (Å²) in [4.78, 5) is 24.6. The molecule has 0 heterocycles. The minimum Gasteiger partial charge on any atom is -0.466 e. The number of aliphatic hydroxyl groups is 2. The highest BCUT2D eigenvalue weighted by Crippen LogP contribution is 2.20. The van der Waals surface area contributed by atoms with E-state index in [0.717, 1.165) is 38.5 Å². The van der Waals surface area contributed by atoms with Gasteiger partial charge in [-0.2, -0.15) is 0 Å². The van der Waals surface area contributed by atoms with Gasteiger partial charge in [0.1, 0.15) is 0 Å². The van der Waals surface area contributed by atoms with Crippen LogP contribution in [0.2, 0.25) is 0 Å². The number of hydrogen-bond donors (Lipinski definition) is 3. The molecule has 2 unspecified atom stereocenters. The van der Waals surface area contributed by atoms with Crippen LogP contribution in [-0.4, -0.2) is 47.4 Å². The predicted octanol–water partition coefficient (Wildman–Crippen LogP) is 25.3. The van der Waals surface area contributed by atoms with Gasteiger partial charge in [-0.3, -0.25) is 9.59 Å². The lowest BCUT2D eigenvalue weighted by Gasteiger charge is -2.20. The summed E-state index contributed by atoms with van der Waals surface area (Å²) in [5.41, 5.74) is 0. The lowest BCUT2D eigenvalue weighted by atomic mass is 10.0. The molecule has 84 heavy (non-hydrogen) atoms. The molecule has 0 rings (SSSR count). The fourth-order valence-corrected chi connectivity index (χ4v) is 12.3. The third-order valence-electron chi connectivity index (χ3n) is 18.2. The number of carbonyl (C=O) groups excluding carboxylic acids is 2. The first-order valence-corrected chi connectivity index (χ1v) is 38.6. The predicted molar refractivity (Wildman–Crippen MR) is 370 cm³/mol. The molecule has 0 aliphatic rings. The van der Waals surface area contributed by atoms with E-state index in [4.69, 9.17) is 4.74 Å². The van der Waals surface area contributed by atoms with E-state index in [1.807, 2.05) is 6.08 Å². The molecule has 0 aliphatic carbocycles. The first kappa shape index (κ1) is 82.3. The largest absolute Gasteiger partial charge is 0.466 e. The van der Waals surface area contributed by atoms with E-state index in [9.17, 15) is 19.8 Å². The minimum atomic E-state index is -0.839. The maximum atomic E-state index is 12.4. The Morgan fingerprint density at radius 1 is 0.321 bits per heavy atom. The zero-order valence-corrected chi connectivity index (χ0v) is 57.2. The van der Waals surface area contributed by atoms with Crippen LogP contribution in [-0.2, 0) is 14.3 Å². The van der Waals surface area contributed by atoms with Gasteiger partial charge in [-0.1, -0.05) is 391 Å². The molecule has 0 saturated carbocycles. The van der Waals surface area contributed by atoms with Gasteiger partial charge in [0.15, 0.2) is 0 Å². The van der Waals surface area contributed by atoms with Gasteiger partial charge in [0, 0.05) is 12.8 Å². The van der Waals surface area contributed by atoms with E-state index < -0.39 is 12.1 Å². The monoisotopic (exact) mass is 1180 g/mol. The standard InChI is InChI=1S/C78H151NO5/c1-3-5-7-9-11-13-15-16-17-41-45-48-52-56-60-64-68-72-78(83)84-73-69-65-61-57-53-49-46-43-40-38-36-34-32-30-28-26-24-22-20-18-19-21-23-25-27-29-31-33-35-37-39-42-44-47-51-55-59-63-67-71-77(82)79-75(74-80)76(81)70-66-62-58-54-50-14-12-10-8-6-4-2/h18-19,66,70,75-76,80-81H,3-17,20-65,67-69,71-74H2,1-2H3,(H,79,82)/b19-18-,70-66+. The number of ether oxygens (including phenoxy) is 1.